The summed E-state index contributed by atoms with van der Waals surface area (Å²) in [5.41, 5.74) is 1.50. The molecule has 0 aliphatic carbocycles. The third-order valence-electron chi connectivity index (χ3n) is 3.38. The monoisotopic (exact) mass is 306 g/mol. The van der Waals surface area contributed by atoms with Crippen LogP contribution in [0, 0.1) is 0 Å². The van der Waals surface area contributed by atoms with Gasteiger partial charge in [-0.05, 0) is 57.9 Å². The van der Waals surface area contributed by atoms with E-state index in [0.29, 0.717) is 6.04 Å². The van der Waals surface area contributed by atoms with E-state index in [4.69, 9.17) is 9.47 Å². The van der Waals surface area contributed by atoms with Crippen LogP contribution in [0.1, 0.15) is 32.8 Å². The summed E-state index contributed by atoms with van der Waals surface area (Å²) in [6, 6.07) is 8.35. The van der Waals surface area contributed by atoms with Crippen LogP contribution >= 0.6 is 0 Å². The van der Waals surface area contributed by atoms with E-state index in [1.54, 1.807) is 0 Å². The molecular formula is C17H26N2O3. The van der Waals surface area contributed by atoms with E-state index in [-0.39, 0.29) is 0 Å². The second-order valence-corrected chi connectivity index (χ2v) is 6.59. The molecule has 1 unspecified atom stereocenters. The van der Waals surface area contributed by atoms with Gasteiger partial charge in [0.05, 0.1) is 6.61 Å². The number of amides is 1. The first-order chi connectivity index (χ1) is 10.4. The number of ether oxygens (including phenoxy) is 2. The number of hydrogen-bond acceptors (Lipinski definition) is 4. The maximum atomic E-state index is 11.7. The van der Waals surface area contributed by atoms with Crippen molar-refractivity contribution in [1.29, 1.82) is 0 Å². The van der Waals surface area contributed by atoms with Gasteiger partial charge in [-0.15, -0.1) is 0 Å². The normalized spacial score (nSPS) is 18.2. The van der Waals surface area contributed by atoms with E-state index >= 15 is 0 Å². The van der Waals surface area contributed by atoms with Crippen LogP contribution in [0.15, 0.2) is 24.3 Å². The molecule has 0 bridgehead atoms. The lowest BCUT2D eigenvalue weighted by Crippen LogP contribution is -2.30. The largest absolute Gasteiger partial charge is 0.444 e. The number of anilines is 1. The Bertz CT molecular complexity index is 474. The Morgan fingerprint density at radius 1 is 1.32 bits per heavy atom. The van der Waals surface area contributed by atoms with Gasteiger partial charge in [-0.1, -0.05) is 12.1 Å². The summed E-state index contributed by atoms with van der Waals surface area (Å²) in [4.78, 5) is 11.7. The molecule has 122 valence electrons. The summed E-state index contributed by atoms with van der Waals surface area (Å²) in [5, 5.41) is 6.22. The quantitative estimate of drug-likeness (QED) is 0.878. The molecule has 0 saturated carbocycles. The van der Waals surface area contributed by atoms with Gasteiger partial charge in [-0.3, -0.25) is 5.32 Å². The van der Waals surface area contributed by atoms with E-state index in [0.717, 1.165) is 38.3 Å². The highest BCUT2D eigenvalue weighted by molar-refractivity contribution is 5.84. The van der Waals surface area contributed by atoms with Crippen molar-refractivity contribution in [2.45, 2.75) is 45.3 Å². The Labute approximate surface area is 132 Å². The molecule has 1 aliphatic heterocycles. The second-order valence-electron chi connectivity index (χ2n) is 6.59. The van der Waals surface area contributed by atoms with Gasteiger partial charge >= 0.3 is 6.09 Å². The van der Waals surface area contributed by atoms with E-state index < -0.39 is 11.7 Å². The van der Waals surface area contributed by atoms with Crippen LogP contribution in [0.5, 0.6) is 0 Å². The van der Waals surface area contributed by atoms with Gasteiger partial charge in [0.25, 0.3) is 0 Å². The lowest BCUT2D eigenvalue weighted by atomic mass is 10.1. The topological polar surface area (TPSA) is 59.6 Å². The summed E-state index contributed by atoms with van der Waals surface area (Å²) in [6.45, 7) is 8.16. The molecule has 5 nitrogen and oxygen atoms in total. The molecule has 1 aromatic rings. The average Bonchev–Trinajstić information content (AvgIpc) is 2.92. The first-order valence-electron chi connectivity index (χ1n) is 7.82. The zero-order valence-electron chi connectivity index (χ0n) is 13.6. The first kappa shape index (κ1) is 16.8. The van der Waals surface area contributed by atoms with Crippen molar-refractivity contribution < 1.29 is 14.3 Å². The van der Waals surface area contributed by atoms with E-state index in [9.17, 15) is 4.79 Å². The summed E-state index contributed by atoms with van der Waals surface area (Å²) in [5.74, 6) is 0. The van der Waals surface area contributed by atoms with Crippen LogP contribution < -0.4 is 10.6 Å². The highest BCUT2D eigenvalue weighted by Crippen LogP contribution is 2.13. The molecule has 5 heteroatoms. The van der Waals surface area contributed by atoms with Gasteiger partial charge in [-0.25, -0.2) is 4.79 Å². The minimum Gasteiger partial charge on any atom is -0.444 e. The lowest BCUT2D eigenvalue weighted by molar-refractivity contribution is 0.0636. The molecule has 2 rings (SSSR count). The van der Waals surface area contributed by atoms with Crippen molar-refractivity contribution in [2.75, 3.05) is 25.1 Å². The van der Waals surface area contributed by atoms with Crippen molar-refractivity contribution in [1.82, 2.24) is 5.32 Å². The molecular weight excluding hydrogens is 280 g/mol. The van der Waals surface area contributed by atoms with Gasteiger partial charge in [0, 0.05) is 18.3 Å². The predicted molar refractivity (Wildman–Crippen MR) is 87.2 cm³/mol. The van der Waals surface area contributed by atoms with Crippen LogP contribution in [0.3, 0.4) is 0 Å². The number of benzene rings is 1. The highest BCUT2D eigenvalue weighted by atomic mass is 16.6. The van der Waals surface area contributed by atoms with Crippen molar-refractivity contribution >= 4 is 11.8 Å². The molecule has 1 aliphatic rings. The Morgan fingerprint density at radius 3 is 2.64 bits per heavy atom. The Balaban J connectivity index is 1.73. The Hall–Kier alpha value is -1.59. The fraction of sp³-hybridized carbons (Fsp3) is 0.588. The fourth-order valence-corrected chi connectivity index (χ4v) is 2.29. The van der Waals surface area contributed by atoms with Crippen molar-refractivity contribution in [3.8, 4) is 0 Å². The molecule has 1 atom stereocenters. The molecule has 1 aromatic carbocycles. The smallest absolute Gasteiger partial charge is 0.412 e. The molecule has 2 N–H and O–H groups in total. The number of nitrogens with one attached hydrogen (secondary N) is 2. The van der Waals surface area contributed by atoms with Crippen LogP contribution in [-0.2, 0) is 15.9 Å². The third kappa shape index (κ3) is 6.03. The minimum atomic E-state index is -0.486. The molecule has 1 amide bonds. The van der Waals surface area contributed by atoms with Crippen LogP contribution in [0.25, 0.3) is 0 Å². The molecule has 1 heterocycles. The maximum Gasteiger partial charge on any atom is 0.412 e. The van der Waals surface area contributed by atoms with Crippen LogP contribution in [0.2, 0.25) is 0 Å². The van der Waals surface area contributed by atoms with Crippen molar-refractivity contribution in [3.05, 3.63) is 29.8 Å². The molecule has 0 aromatic heterocycles. The summed E-state index contributed by atoms with van der Waals surface area (Å²) < 4.78 is 10.6. The minimum absolute atomic E-state index is 0.428. The zero-order chi connectivity index (χ0) is 16.0. The number of rotatable bonds is 5. The number of hydrogen-bond donors (Lipinski definition) is 2. The average molecular weight is 306 g/mol. The van der Waals surface area contributed by atoms with Gasteiger partial charge in [0.15, 0.2) is 0 Å². The molecule has 22 heavy (non-hydrogen) atoms. The van der Waals surface area contributed by atoms with Crippen molar-refractivity contribution in [3.63, 3.8) is 0 Å². The Morgan fingerprint density at radius 2 is 2.05 bits per heavy atom. The molecule has 0 spiro atoms. The van der Waals surface area contributed by atoms with Crippen LogP contribution in [-0.4, -0.2) is 37.5 Å². The second kappa shape index (κ2) is 7.61. The van der Waals surface area contributed by atoms with E-state index in [1.807, 2.05) is 45.0 Å². The first-order valence-corrected chi connectivity index (χ1v) is 7.82. The maximum absolute atomic E-state index is 11.7. The number of carbonyl (C=O) groups is 1. The fourth-order valence-electron chi connectivity index (χ4n) is 2.29. The van der Waals surface area contributed by atoms with Gasteiger partial charge < -0.3 is 14.8 Å². The van der Waals surface area contributed by atoms with Gasteiger partial charge in [0.2, 0.25) is 0 Å². The standard InChI is InChI=1S/C17H26N2O3/c1-17(2,3)22-16(20)19-14-6-4-13(5-7-14)8-10-18-15-9-11-21-12-15/h4-7,15,18H,8-12H2,1-3H3,(H,19,20). The molecule has 1 fully saturated rings. The van der Waals surface area contributed by atoms with Crippen molar-refractivity contribution in [2.24, 2.45) is 0 Å². The van der Waals surface area contributed by atoms with Crippen LogP contribution in [0.4, 0.5) is 10.5 Å². The van der Waals surface area contributed by atoms with Gasteiger partial charge in [-0.2, -0.15) is 0 Å². The SMILES string of the molecule is CC(C)(C)OC(=O)Nc1ccc(CCNC2CCOC2)cc1. The zero-order valence-corrected chi connectivity index (χ0v) is 13.6. The van der Waals surface area contributed by atoms with Gasteiger partial charge in [0.1, 0.15) is 5.60 Å². The summed E-state index contributed by atoms with van der Waals surface area (Å²) in [6.07, 6.45) is 1.63. The highest BCUT2D eigenvalue weighted by Gasteiger charge is 2.16. The summed E-state index contributed by atoms with van der Waals surface area (Å²) >= 11 is 0. The predicted octanol–water partition coefficient (Wildman–Crippen LogP) is 2.95. The summed E-state index contributed by atoms with van der Waals surface area (Å²) in [7, 11) is 0. The molecule has 1 saturated heterocycles. The van der Waals surface area contributed by atoms with E-state index in [1.165, 1.54) is 5.56 Å². The lowest BCUT2D eigenvalue weighted by Gasteiger charge is -2.19. The number of carbonyl (C=O) groups excluding carboxylic acids is 1. The molecule has 0 radical (unpaired) electrons. The van der Waals surface area contributed by atoms with E-state index in [2.05, 4.69) is 10.6 Å². The third-order valence-corrected chi connectivity index (χ3v) is 3.38. The Kier molecular flexibility index (Phi) is 5.80.